The van der Waals surface area contributed by atoms with E-state index in [0.29, 0.717) is 5.82 Å². The summed E-state index contributed by atoms with van der Waals surface area (Å²) in [7, 11) is 0. The van der Waals surface area contributed by atoms with Gasteiger partial charge < -0.3 is 0 Å². The van der Waals surface area contributed by atoms with Gasteiger partial charge in [0.1, 0.15) is 0 Å². The van der Waals surface area contributed by atoms with Crippen LogP contribution in [-0.2, 0) is 5.41 Å². The summed E-state index contributed by atoms with van der Waals surface area (Å²) in [6, 6.07) is 83.0. The summed E-state index contributed by atoms with van der Waals surface area (Å²) in [6.45, 7) is 0. The normalized spacial score (nSPS) is 12.5. The molecule has 1 aliphatic rings. The number of fused-ring (bicyclic) bond motifs is 5. The summed E-state index contributed by atoms with van der Waals surface area (Å²) in [5.41, 5.74) is 16.6. The molecule has 0 spiro atoms. The summed E-state index contributed by atoms with van der Waals surface area (Å²) in [5, 5.41) is 2.47. The van der Waals surface area contributed by atoms with Crippen molar-refractivity contribution in [1.82, 2.24) is 9.97 Å². The van der Waals surface area contributed by atoms with E-state index in [2.05, 4.69) is 212 Å². The van der Waals surface area contributed by atoms with E-state index in [1.165, 1.54) is 55.3 Å². The van der Waals surface area contributed by atoms with E-state index < -0.39 is 5.41 Å². The van der Waals surface area contributed by atoms with E-state index in [-0.39, 0.29) is 0 Å². The van der Waals surface area contributed by atoms with Crippen molar-refractivity contribution >= 4 is 10.8 Å². The first-order valence-corrected chi connectivity index (χ1v) is 20.2. The highest BCUT2D eigenvalue weighted by molar-refractivity contribution is 6.07. The fourth-order valence-corrected chi connectivity index (χ4v) is 9.34. The number of aromatic nitrogens is 2. The van der Waals surface area contributed by atoms with Crippen LogP contribution >= 0.6 is 0 Å². The van der Waals surface area contributed by atoms with Gasteiger partial charge in [0.2, 0.25) is 0 Å². The molecular weight excluding hydrogens is 713 g/mol. The van der Waals surface area contributed by atoms with Crippen LogP contribution in [0.2, 0.25) is 0 Å². The Balaban J connectivity index is 1.15. The Morgan fingerprint density at radius 2 is 0.814 bits per heavy atom. The smallest absolute Gasteiger partial charge is 0.160 e. The highest BCUT2D eigenvalue weighted by Crippen LogP contribution is 2.60. The third-order valence-electron chi connectivity index (χ3n) is 11.9. The summed E-state index contributed by atoms with van der Waals surface area (Å²) >= 11 is 0. The van der Waals surface area contributed by atoms with Gasteiger partial charge in [-0.25, -0.2) is 9.97 Å². The van der Waals surface area contributed by atoms with Crippen molar-refractivity contribution in [2.45, 2.75) is 5.41 Å². The Kier molecular flexibility index (Phi) is 8.41. The average molecular weight is 751 g/mol. The van der Waals surface area contributed by atoms with Crippen LogP contribution < -0.4 is 0 Å². The quantitative estimate of drug-likeness (QED) is 0.162. The maximum Gasteiger partial charge on any atom is 0.160 e. The van der Waals surface area contributed by atoms with Crippen molar-refractivity contribution in [3.05, 3.63) is 253 Å². The molecule has 0 atom stereocenters. The molecule has 11 rings (SSSR count). The highest BCUT2D eigenvalue weighted by atomic mass is 14.9. The van der Waals surface area contributed by atoms with Gasteiger partial charge in [0.25, 0.3) is 0 Å². The number of hydrogen-bond acceptors (Lipinski definition) is 2. The Labute approximate surface area is 344 Å². The van der Waals surface area contributed by atoms with Crippen LogP contribution in [0.15, 0.2) is 231 Å². The largest absolute Gasteiger partial charge is 0.228 e. The van der Waals surface area contributed by atoms with Crippen molar-refractivity contribution in [2.75, 3.05) is 0 Å². The number of benzene rings is 9. The highest BCUT2D eigenvalue weighted by Gasteiger charge is 2.48. The lowest BCUT2D eigenvalue weighted by Crippen LogP contribution is -2.28. The van der Waals surface area contributed by atoms with Gasteiger partial charge in [0.15, 0.2) is 5.82 Å². The second kappa shape index (κ2) is 14.4. The Bertz CT molecular complexity index is 3100. The van der Waals surface area contributed by atoms with E-state index in [1.807, 2.05) is 18.2 Å². The molecule has 10 aromatic rings. The molecule has 0 saturated heterocycles. The lowest BCUT2D eigenvalue weighted by Gasteiger charge is -2.35. The molecule has 1 heterocycles. The molecule has 0 unspecified atom stereocenters. The molecule has 0 saturated carbocycles. The van der Waals surface area contributed by atoms with E-state index in [9.17, 15) is 0 Å². The molecule has 59 heavy (non-hydrogen) atoms. The van der Waals surface area contributed by atoms with Gasteiger partial charge in [-0.1, -0.05) is 206 Å². The van der Waals surface area contributed by atoms with Crippen LogP contribution in [0.25, 0.3) is 78.1 Å². The van der Waals surface area contributed by atoms with Gasteiger partial charge in [-0.2, -0.15) is 0 Å². The topological polar surface area (TPSA) is 25.8 Å². The molecule has 9 aromatic carbocycles. The predicted molar refractivity (Wildman–Crippen MR) is 244 cm³/mol. The number of nitrogens with zero attached hydrogens (tertiary/aromatic N) is 2. The lowest BCUT2D eigenvalue weighted by atomic mass is 9.66. The molecule has 1 aromatic heterocycles. The Morgan fingerprint density at radius 3 is 1.47 bits per heavy atom. The minimum absolute atomic E-state index is 0.526. The monoisotopic (exact) mass is 750 g/mol. The fraction of sp³-hybridized carbons (Fsp3) is 0.0175. The molecule has 0 N–H and O–H groups in total. The summed E-state index contributed by atoms with van der Waals surface area (Å²) in [6.07, 6.45) is 0. The van der Waals surface area contributed by atoms with Crippen molar-refractivity contribution < 1.29 is 0 Å². The number of rotatable bonds is 7. The van der Waals surface area contributed by atoms with Crippen molar-refractivity contribution in [1.29, 1.82) is 0 Å². The molecule has 0 aliphatic heterocycles. The van der Waals surface area contributed by atoms with Crippen molar-refractivity contribution in [3.63, 3.8) is 0 Å². The van der Waals surface area contributed by atoms with Crippen LogP contribution in [0.5, 0.6) is 0 Å². The Morgan fingerprint density at radius 1 is 0.322 bits per heavy atom. The van der Waals surface area contributed by atoms with E-state index >= 15 is 0 Å². The van der Waals surface area contributed by atoms with Gasteiger partial charge in [0, 0.05) is 16.7 Å². The lowest BCUT2D eigenvalue weighted by molar-refractivity contribution is 0.775. The van der Waals surface area contributed by atoms with Gasteiger partial charge in [-0.05, 0) is 90.7 Å². The molecule has 0 radical (unpaired) electrons. The SMILES string of the molecule is c1ccc(-c2cccc(-c3cc(-c4cccc(-c5cc6ccccc6c6c5-c5ccccc5C6(c5ccccc5)c5ccccc5)c4)nc(-c4ccccc4)n3)c2)cc1. The van der Waals surface area contributed by atoms with E-state index in [4.69, 9.17) is 9.97 Å². The second-order valence-corrected chi connectivity index (χ2v) is 15.3. The summed E-state index contributed by atoms with van der Waals surface area (Å²) < 4.78 is 0. The fourth-order valence-electron chi connectivity index (χ4n) is 9.34. The minimum atomic E-state index is -0.526. The summed E-state index contributed by atoms with van der Waals surface area (Å²) in [4.78, 5) is 10.4. The molecule has 2 nitrogen and oxygen atoms in total. The number of hydrogen-bond donors (Lipinski definition) is 0. The molecular formula is C57H38N2. The van der Waals surface area contributed by atoms with Crippen molar-refractivity contribution in [3.8, 4) is 67.3 Å². The van der Waals surface area contributed by atoms with E-state index in [0.717, 1.165) is 39.2 Å². The minimum Gasteiger partial charge on any atom is -0.228 e. The first-order chi connectivity index (χ1) is 29.3. The molecule has 1 aliphatic carbocycles. The Hall–Kier alpha value is -7.68. The van der Waals surface area contributed by atoms with Crippen LogP contribution in [0, 0.1) is 0 Å². The third-order valence-corrected chi connectivity index (χ3v) is 11.9. The molecule has 0 bridgehead atoms. The first-order valence-electron chi connectivity index (χ1n) is 20.2. The van der Waals surface area contributed by atoms with Gasteiger partial charge >= 0.3 is 0 Å². The van der Waals surface area contributed by atoms with Gasteiger partial charge in [-0.15, -0.1) is 0 Å². The van der Waals surface area contributed by atoms with Crippen LogP contribution in [0.4, 0.5) is 0 Å². The first kappa shape index (κ1) is 34.6. The van der Waals surface area contributed by atoms with Crippen LogP contribution in [0.3, 0.4) is 0 Å². The summed E-state index contributed by atoms with van der Waals surface area (Å²) in [5.74, 6) is 0.699. The maximum absolute atomic E-state index is 5.26. The van der Waals surface area contributed by atoms with Crippen LogP contribution in [0.1, 0.15) is 22.3 Å². The van der Waals surface area contributed by atoms with Crippen molar-refractivity contribution in [2.24, 2.45) is 0 Å². The molecule has 276 valence electrons. The zero-order chi connectivity index (χ0) is 39.2. The van der Waals surface area contributed by atoms with Crippen LogP contribution in [-0.4, -0.2) is 9.97 Å². The zero-order valence-corrected chi connectivity index (χ0v) is 32.3. The van der Waals surface area contributed by atoms with E-state index in [1.54, 1.807) is 0 Å². The average Bonchev–Trinajstić information content (AvgIpc) is 3.64. The standard InChI is InChI=1S/C57H38N2/c1-5-19-39(20-6-1)41-24-17-26-44(35-41)52-38-53(59-56(58-52)40-21-7-2-8-22-40)45-27-18-25-42(36-45)50-37-43-23-13-14-32-48(43)55-54(50)49-33-15-16-34-51(49)57(55,46-28-9-3-10-29-46)47-30-11-4-12-31-47/h1-38H. The molecule has 2 heteroatoms. The maximum atomic E-state index is 5.26. The second-order valence-electron chi connectivity index (χ2n) is 15.3. The zero-order valence-electron chi connectivity index (χ0n) is 32.3. The molecule has 0 amide bonds. The van der Waals surface area contributed by atoms with Gasteiger partial charge in [0.05, 0.1) is 16.8 Å². The predicted octanol–water partition coefficient (Wildman–Crippen LogP) is 14.3. The van der Waals surface area contributed by atoms with Gasteiger partial charge in [-0.3, -0.25) is 0 Å². The third kappa shape index (κ3) is 5.80. The molecule has 0 fully saturated rings.